The van der Waals surface area contributed by atoms with Crippen molar-refractivity contribution >= 4 is 17.2 Å². The molecule has 2 aromatic rings. The number of nitrogens with zero attached hydrogens (tertiary/aromatic N) is 4. The summed E-state index contributed by atoms with van der Waals surface area (Å²) < 4.78 is 2.09. The van der Waals surface area contributed by atoms with Crippen LogP contribution in [0.2, 0.25) is 0 Å². The fraction of sp³-hybridized carbons (Fsp3) is 0.588. The predicted octanol–water partition coefficient (Wildman–Crippen LogP) is 3.01. The van der Waals surface area contributed by atoms with Gasteiger partial charge in [-0.25, -0.2) is 9.97 Å². The van der Waals surface area contributed by atoms with E-state index in [2.05, 4.69) is 28.4 Å². The average molecular weight is 332 g/mol. The Morgan fingerprint density at radius 3 is 3.04 bits per heavy atom. The second-order valence-corrected chi connectivity index (χ2v) is 7.39. The number of aromatic nitrogens is 3. The normalized spacial score (nSPS) is 18.3. The number of likely N-dealkylation sites (tertiary alicyclic amines) is 1. The molecule has 1 aliphatic heterocycles. The van der Waals surface area contributed by atoms with Crippen molar-refractivity contribution < 1.29 is 4.79 Å². The predicted molar refractivity (Wildman–Crippen MR) is 91.6 cm³/mol. The Morgan fingerprint density at radius 2 is 2.30 bits per heavy atom. The number of piperidine rings is 1. The van der Waals surface area contributed by atoms with E-state index in [0.717, 1.165) is 44.7 Å². The number of carbonyl (C=O) groups is 1. The van der Waals surface area contributed by atoms with Gasteiger partial charge in [-0.1, -0.05) is 6.92 Å². The summed E-state index contributed by atoms with van der Waals surface area (Å²) >= 11 is 1.76. The molecule has 0 bridgehead atoms. The molecule has 0 saturated carbocycles. The SMILES string of the molecule is CCc1nccn1CCC(=O)N1CCC[C@H](c2ncc(C)s2)C1. The van der Waals surface area contributed by atoms with Crippen LogP contribution in [0.3, 0.4) is 0 Å². The van der Waals surface area contributed by atoms with Gasteiger partial charge < -0.3 is 9.47 Å². The van der Waals surface area contributed by atoms with Gasteiger partial charge in [0.1, 0.15) is 5.82 Å². The minimum Gasteiger partial charge on any atom is -0.342 e. The van der Waals surface area contributed by atoms with E-state index in [1.165, 1.54) is 9.88 Å². The molecule has 0 radical (unpaired) electrons. The van der Waals surface area contributed by atoms with Crippen molar-refractivity contribution in [1.29, 1.82) is 0 Å². The molecule has 1 atom stereocenters. The Bertz CT molecular complexity index is 663. The van der Waals surface area contributed by atoms with Crippen molar-refractivity contribution in [3.63, 3.8) is 0 Å². The van der Waals surface area contributed by atoms with Gasteiger partial charge in [-0.15, -0.1) is 11.3 Å². The first-order chi connectivity index (χ1) is 11.2. The number of aryl methyl sites for hydroxylation is 3. The Morgan fingerprint density at radius 1 is 1.43 bits per heavy atom. The van der Waals surface area contributed by atoms with Crippen LogP contribution in [-0.4, -0.2) is 38.4 Å². The van der Waals surface area contributed by atoms with Gasteiger partial charge in [-0.05, 0) is 19.8 Å². The lowest BCUT2D eigenvalue weighted by atomic mass is 9.98. The van der Waals surface area contributed by atoms with E-state index < -0.39 is 0 Å². The number of hydrogen-bond acceptors (Lipinski definition) is 4. The summed E-state index contributed by atoms with van der Waals surface area (Å²) in [5.74, 6) is 1.71. The minimum atomic E-state index is 0.249. The Hall–Kier alpha value is -1.69. The fourth-order valence-corrected chi connectivity index (χ4v) is 4.10. The van der Waals surface area contributed by atoms with Gasteiger partial charge in [-0.3, -0.25) is 4.79 Å². The molecule has 6 heteroatoms. The van der Waals surface area contributed by atoms with Gasteiger partial charge in [0.25, 0.3) is 0 Å². The van der Waals surface area contributed by atoms with Crippen LogP contribution in [0.4, 0.5) is 0 Å². The number of imidazole rings is 1. The summed E-state index contributed by atoms with van der Waals surface area (Å²) in [7, 11) is 0. The van der Waals surface area contributed by atoms with Gasteiger partial charge >= 0.3 is 0 Å². The summed E-state index contributed by atoms with van der Waals surface area (Å²) in [5, 5.41) is 1.18. The molecule has 0 spiro atoms. The average Bonchev–Trinajstić information content (AvgIpc) is 3.21. The summed E-state index contributed by atoms with van der Waals surface area (Å²) in [5.41, 5.74) is 0. The third kappa shape index (κ3) is 3.80. The van der Waals surface area contributed by atoms with Crippen molar-refractivity contribution in [2.45, 2.75) is 52.0 Å². The van der Waals surface area contributed by atoms with Crippen molar-refractivity contribution in [2.24, 2.45) is 0 Å². The van der Waals surface area contributed by atoms with Gasteiger partial charge in [0, 0.05) is 61.9 Å². The third-order valence-corrected chi connectivity index (χ3v) is 5.52. The van der Waals surface area contributed by atoms with Crippen LogP contribution in [0.1, 0.15) is 47.8 Å². The van der Waals surface area contributed by atoms with E-state index in [1.54, 1.807) is 11.3 Å². The maximum absolute atomic E-state index is 12.6. The molecule has 23 heavy (non-hydrogen) atoms. The standard InChI is InChI=1S/C17H24N4OS/c1-3-15-18-7-10-20(15)9-6-16(22)21-8-4-5-14(12-21)17-19-11-13(2)23-17/h7,10-11,14H,3-6,8-9,12H2,1-2H3/t14-/m0/s1. The molecule has 0 N–H and O–H groups in total. The summed E-state index contributed by atoms with van der Waals surface area (Å²) in [6.45, 7) is 6.59. The minimum absolute atomic E-state index is 0.249. The number of rotatable bonds is 5. The number of hydrogen-bond donors (Lipinski definition) is 0. The maximum Gasteiger partial charge on any atom is 0.224 e. The monoisotopic (exact) mass is 332 g/mol. The van der Waals surface area contributed by atoms with E-state index in [-0.39, 0.29) is 5.91 Å². The van der Waals surface area contributed by atoms with Crippen molar-refractivity contribution in [3.8, 4) is 0 Å². The van der Waals surface area contributed by atoms with Crippen molar-refractivity contribution in [1.82, 2.24) is 19.4 Å². The molecule has 3 rings (SSSR count). The van der Waals surface area contributed by atoms with Crippen LogP contribution in [0.25, 0.3) is 0 Å². The van der Waals surface area contributed by atoms with Gasteiger partial charge in [0.15, 0.2) is 0 Å². The Kier molecular flexibility index (Phi) is 5.10. The van der Waals surface area contributed by atoms with Crippen LogP contribution >= 0.6 is 11.3 Å². The van der Waals surface area contributed by atoms with E-state index in [9.17, 15) is 4.79 Å². The zero-order chi connectivity index (χ0) is 16.2. The molecular weight excluding hydrogens is 308 g/mol. The van der Waals surface area contributed by atoms with E-state index in [4.69, 9.17) is 0 Å². The highest BCUT2D eigenvalue weighted by Gasteiger charge is 2.26. The molecule has 1 amide bonds. The molecule has 0 aromatic carbocycles. The molecule has 1 fully saturated rings. The largest absolute Gasteiger partial charge is 0.342 e. The second kappa shape index (κ2) is 7.25. The van der Waals surface area contributed by atoms with Gasteiger partial charge in [-0.2, -0.15) is 0 Å². The quantitative estimate of drug-likeness (QED) is 0.846. The summed E-state index contributed by atoms with van der Waals surface area (Å²) in [6.07, 6.45) is 9.36. The molecule has 124 valence electrons. The summed E-state index contributed by atoms with van der Waals surface area (Å²) in [6, 6.07) is 0. The molecule has 0 unspecified atom stereocenters. The first kappa shape index (κ1) is 16.2. The maximum atomic E-state index is 12.6. The Labute approximate surface area is 141 Å². The lowest BCUT2D eigenvalue weighted by Gasteiger charge is -2.32. The zero-order valence-corrected chi connectivity index (χ0v) is 14.7. The molecule has 1 aliphatic rings. The van der Waals surface area contributed by atoms with E-state index in [0.29, 0.717) is 12.3 Å². The number of carbonyl (C=O) groups excluding carboxylic acids is 1. The van der Waals surface area contributed by atoms with E-state index in [1.807, 2.05) is 23.5 Å². The van der Waals surface area contributed by atoms with Crippen LogP contribution in [0.15, 0.2) is 18.6 Å². The van der Waals surface area contributed by atoms with Gasteiger partial charge in [0.05, 0.1) is 5.01 Å². The van der Waals surface area contributed by atoms with Crippen molar-refractivity contribution in [3.05, 3.63) is 34.3 Å². The van der Waals surface area contributed by atoms with Crippen LogP contribution < -0.4 is 0 Å². The fourth-order valence-electron chi connectivity index (χ4n) is 3.20. The van der Waals surface area contributed by atoms with Crippen LogP contribution in [0, 0.1) is 6.92 Å². The lowest BCUT2D eigenvalue weighted by molar-refractivity contribution is -0.132. The molecule has 1 saturated heterocycles. The van der Waals surface area contributed by atoms with Crippen LogP contribution in [-0.2, 0) is 17.8 Å². The topological polar surface area (TPSA) is 51.0 Å². The molecule has 3 heterocycles. The second-order valence-electron chi connectivity index (χ2n) is 6.13. The third-order valence-electron chi connectivity index (χ3n) is 4.45. The number of amides is 1. The molecule has 2 aromatic heterocycles. The molecule has 5 nitrogen and oxygen atoms in total. The van der Waals surface area contributed by atoms with Crippen molar-refractivity contribution in [2.75, 3.05) is 13.1 Å². The van der Waals surface area contributed by atoms with Gasteiger partial charge in [0.2, 0.25) is 5.91 Å². The smallest absolute Gasteiger partial charge is 0.224 e. The lowest BCUT2D eigenvalue weighted by Crippen LogP contribution is -2.39. The zero-order valence-electron chi connectivity index (χ0n) is 13.9. The van der Waals surface area contributed by atoms with Crippen LogP contribution in [0.5, 0.6) is 0 Å². The first-order valence-electron chi connectivity index (χ1n) is 8.37. The molecule has 0 aliphatic carbocycles. The number of thiazole rings is 1. The highest BCUT2D eigenvalue weighted by molar-refractivity contribution is 7.11. The highest BCUT2D eigenvalue weighted by Crippen LogP contribution is 2.30. The first-order valence-corrected chi connectivity index (χ1v) is 9.19. The Balaban J connectivity index is 1.57. The highest BCUT2D eigenvalue weighted by atomic mass is 32.1. The summed E-state index contributed by atoms with van der Waals surface area (Å²) in [4.78, 5) is 24.6. The molecular formula is C17H24N4OS. The van der Waals surface area contributed by atoms with E-state index >= 15 is 0 Å².